The van der Waals surface area contributed by atoms with Crippen LogP contribution in [0.2, 0.25) is 5.02 Å². The molecule has 0 bridgehead atoms. The van der Waals surface area contributed by atoms with Crippen molar-refractivity contribution in [2.24, 2.45) is 5.14 Å². The highest BCUT2D eigenvalue weighted by molar-refractivity contribution is 14.1. The van der Waals surface area contributed by atoms with Crippen molar-refractivity contribution in [1.29, 1.82) is 0 Å². The minimum absolute atomic E-state index is 0.104. The summed E-state index contributed by atoms with van der Waals surface area (Å²) in [6, 6.07) is 1.35. The Hall–Kier alpha value is 0.630. The fourth-order valence-electron chi connectivity index (χ4n) is 0.467. The van der Waals surface area contributed by atoms with E-state index in [1.54, 1.807) is 0 Å². The molecule has 0 aromatic carbocycles. The number of thiophene rings is 1. The summed E-state index contributed by atoms with van der Waals surface area (Å²) in [4.78, 5) is 0. The predicted molar refractivity (Wildman–Crippen MR) is 53.4 cm³/mol. The summed E-state index contributed by atoms with van der Waals surface area (Å²) in [6.07, 6.45) is 0. The fraction of sp³-hybridized carbons (Fsp3) is 0. The average Bonchev–Trinajstić information content (AvgIpc) is 2.11. The number of nitrogens with two attached hydrogens (primary N) is 1. The largest absolute Gasteiger partial charge is 0.247 e. The second kappa shape index (κ2) is 3.17. The molecule has 0 aliphatic carbocycles. The van der Waals surface area contributed by atoms with Gasteiger partial charge in [-0.1, -0.05) is 11.6 Å². The topological polar surface area (TPSA) is 60.2 Å². The average molecular weight is 324 g/mol. The molecule has 11 heavy (non-hydrogen) atoms. The molecule has 1 aromatic heterocycles. The third kappa shape index (κ3) is 2.28. The van der Waals surface area contributed by atoms with Crippen LogP contribution in [0.1, 0.15) is 0 Å². The summed E-state index contributed by atoms with van der Waals surface area (Å²) < 4.78 is 22.3. The first-order chi connectivity index (χ1) is 4.91. The van der Waals surface area contributed by atoms with Crippen LogP contribution in [-0.4, -0.2) is 8.42 Å². The van der Waals surface area contributed by atoms with E-state index in [4.69, 9.17) is 16.7 Å². The summed E-state index contributed by atoms with van der Waals surface area (Å²) in [5, 5.41) is 5.29. The Balaban J connectivity index is 3.29. The van der Waals surface area contributed by atoms with Crippen molar-refractivity contribution >= 4 is 55.6 Å². The molecule has 0 aliphatic rings. The first-order valence-electron chi connectivity index (χ1n) is 2.39. The molecule has 3 nitrogen and oxygen atoms in total. The van der Waals surface area contributed by atoms with Gasteiger partial charge in [-0.2, -0.15) is 0 Å². The summed E-state index contributed by atoms with van der Waals surface area (Å²) in [6.45, 7) is 0. The van der Waals surface area contributed by atoms with E-state index in [0.29, 0.717) is 5.02 Å². The van der Waals surface area contributed by atoms with Crippen molar-refractivity contribution in [2.45, 2.75) is 4.21 Å². The van der Waals surface area contributed by atoms with Gasteiger partial charge in [0, 0.05) is 0 Å². The summed E-state index contributed by atoms with van der Waals surface area (Å²) in [5.41, 5.74) is 0. The van der Waals surface area contributed by atoms with Crippen LogP contribution < -0.4 is 5.14 Å². The van der Waals surface area contributed by atoms with Gasteiger partial charge in [-0.05, 0) is 28.7 Å². The Labute approximate surface area is 86.7 Å². The number of sulfonamides is 1. The van der Waals surface area contributed by atoms with Crippen molar-refractivity contribution in [2.75, 3.05) is 0 Å². The van der Waals surface area contributed by atoms with Crippen LogP contribution in [0.3, 0.4) is 0 Å². The molecule has 0 aliphatic heterocycles. The fourth-order valence-corrected chi connectivity index (χ4v) is 3.64. The lowest BCUT2D eigenvalue weighted by Crippen LogP contribution is -2.09. The number of halogens is 2. The van der Waals surface area contributed by atoms with Crippen LogP contribution in [0.25, 0.3) is 0 Å². The van der Waals surface area contributed by atoms with Gasteiger partial charge in [0.15, 0.2) is 0 Å². The zero-order chi connectivity index (χ0) is 8.65. The lowest BCUT2D eigenvalue weighted by Gasteiger charge is -1.86. The lowest BCUT2D eigenvalue weighted by atomic mass is 10.7. The van der Waals surface area contributed by atoms with Crippen molar-refractivity contribution < 1.29 is 8.42 Å². The van der Waals surface area contributed by atoms with Crippen LogP contribution in [0, 0.1) is 2.88 Å². The van der Waals surface area contributed by atoms with E-state index in [-0.39, 0.29) is 4.21 Å². The second-order valence-electron chi connectivity index (χ2n) is 1.73. The molecule has 1 aromatic rings. The molecule has 0 saturated carbocycles. The molecule has 0 spiro atoms. The van der Waals surface area contributed by atoms with Crippen LogP contribution in [-0.2, 0) is 10.0 Å². The van der Waals surface area contributed by atoms with E-state index in [0.717, 1.165) is 14.2 Å². The molecule has 0 saturated heterocycles. The number of rotatable bonds is 1. The van der Waals surface area contributed by atoms with Gasteiger partial charge in [0.05, 0.1) is 7.91 Å². The van der Waals surface area contributed by atoms with Gasteiger partial charge in [0.2, 0.25) is 10.0 Å². The summed E-state index contributed by atoms with van der Waals surface area (Å²) in [5.74, 6) is 0. The normalized spacial score (nSPS) is 11.9. The van der Waals surface area contributed by atoms with Gasteiger partial charge in [0.25, 0.3) is 0 Å². The third-order valence-corrected chi connectivity index (χ3v) is 5.22. The van der Waals surface area contributed by atoms with Gasteiger partial charge in [-0.15, -0.1) is 11.3 Å². The highest BCUT2D eigenvalue weighted by Crippen LogP contribution is 2.30. The van der Waals surface area contributed by atoms with E-state index >= 15 is 0 Å². The van der Waals surface area contributed by atoms with Crippen molar-refractivity contribution in [3.63, 3.8) is 0 Å². The van der Waals surface area contributed by atoms with Gasteiger partial charge in [-0.25, -0.2) is 13.6 Å². The van der Waals surface area contributed by atoms with Crippen molar-refractivity contribution in [1.82, 2.24) is 0 Å². The number of hydrogen-bond donors (Lipinski definition) is 1. The molecular formula is C4H3ClINO2S2. The van der Waals surface area contributed by atoms with Crippen molar-refractivity contribution in [3.05, 3.63) is 14.0 Å². The zero-order valence-corrected chi connectivity index (χ0v) is 9.59. The molecule has 0 unspecified atom stereocenters. The molecule has 0 amide bonds. The van der Waals surface area contributed by atoms with Crippen molar-refractivity contribution in [3.8, 4) is 0 Å². The van der Waals surface area contributed by atoms with Crippen LogP contribution in [0.15, 0.2) is 10.3 Å². The minimum Gasteiger partial charge on any atom is -0.224 e. The Morgan fingerprint density at radius 3 is 2.36 bits per heavy atom. The van der Waals surface area contributed by atoms with Crippen LogP contribution in [0.5, 0.6) is 0 Å². The molecular weight excluding hydrogens is 321 g/mol. The summed E-state index contributed by atoms with van der Waals surface area (Å²) >= 11 is 8.63. The van der Waals surface area contributed by atoms with Gasteiger partial charge >= 0.3 is 0 Å². The quantitative estimate of drug-likeness (QED) is 0.799. The molecule has 1 rings (SSSR count). The molecule has 7 heteroatoms. The number of hydrogen-bond acceptors (Lipinski definition) is 3. The van der Waals surface area contributed by atoms with E-state index in [1.165, 1.54) is 6.07 Å². The Morgan fingerprint density at radius 1 is 1.64 bits per heavy atom. The molecule has 2 N–H and O–H groups in total. The first kappa shape index (κ1) is 9.72. The van der Waals surface area contributed by atoms with Crippen LogP contribution >= 0.6 is 45.5 Å². The minimum atomic E-state index is -3.58. The van der Waals surface area contributed by atoms with Gasteiger partial charge < -0.3 is 0 Å². The number of primary sulfonamides is 1. The maximum absolute atomic E-state index is 10.7. The Morgan fingerprint density at radius 2 is 2.18 bits per heavy atom. The highest BCUT2D eigenvalue weighted by atomic mass is 127. The highest BCUT2D eigenvalue weighted by Gasteiger charge is 2.13. The SMILES string of the molecule is NS(=O)(=O)c1cc(Cl)c(I)s1. The molecule has 0 fully saturated rings. The summed E-state index contributed by atoms with van der Waals surface area (Å²) in [7, 11) is -3.58. The molecule has 0 radical (unpaired) electrons. The second-order valence-corrected chi connectivity index (χ2v) is 6.79. The van der Waals surface area contributed by atoms with E-state index in [2.05, 4.69) is 0 Å². The standard InChI is InChI=1S/C4H3ClINO2S2/c5-2-1-3(10-4(2)6)11(7,8)9/h1H,(H2,7,8,9). The Kier molecular flexibility index (Phi) is 2.80. The first-order valence-corrected chi connectivity index (χ1v) is 6.21. The molecule has 0 atom stereocenters. The lowest BCUT2D eigenvalue weighted by molar-refractivity contribution is 0.600. The molecule has 1 heterocycles. The van der Waals surface area contributed by atoms with Crippen LogP contribution in [0.4, 0.5) is 0 Å². The monoisotopic (exact) mass is 323 g/mol. The third-order valence-electron chi connectivity index (χ3n) is 0.903. The van der Waals surface area contributed by atoms with Gasteiger partial charge in [-0.3, -0.25) is 0 Å². The van der Waals surface area contributed by atoms with Gasteiger partial charge in [0.1, 0.15) is 4.21 Å². The zero-order valence-electron chi connectivity index (χ0n) is 5.04. The maximum atomic E-state index is 10.7. The van der Waals surface area contributed by atoms with E-state index in [1.807, 2.05) is 22.6 Å². The maximum Gasteiger partial charge on any atom is 0.247 e. The Bertz CT molecular complexity index is 352. The van der Waals surface area contributed by atoms with E-state index in [9.17, 15) is 8.42 Å². The molecule has 62 valence electrons. The predicted octanol–water partition coefficient (Wildman–Crippen LogP) is 1.65. The van der Waals surface area contributed by atoms with E-state index < -0.39 is 10.0 Å². The smallest absolute Gasteiger partial charge is 0.224 e.